The Bertz CT molecular complexity index is 787. The molecule has 118 valence electrons. The van der Waals surface area contributed by atoms with Gasteiger partial charge in [0.25, 0.3) is 5.91 Å². The second-order valence-corrected chi connectivity index (χ2v) is 5.47. The lowest BCUT2D eigenvalue weighted by Crippen LogP contribution is -2.34. The van der Waals surface area contributed by atoms with E-state index >= 15 is 0 Å². The van der Waals surface area contributed by atoms with Crippen LogP contribution in [0.25, 0.3) is 0 Å². The van der Waals surface area contributed by atoms with Crippen molar-refractivity contribution in [2.75, 3.05) is 5.32 Å². The summed E-state index contributed by atoms with van der Waals surface area (Å²) in [5, 5.41) is 14.5. The molecule has 0 radical (unpaired) electrons. The summed E-state index contributed by atoms with van der Waals surface area (Å²) in [5.41, 5.74) is 3.00. The number of aromatic carboxylic acids is 1. The lowest BCUT2D eigenvalue weighted by Gasteiger charge is -2.12. The number of nitrogens with one attached hydrogen (secondary N) is 2. The van der Waals surface area contributed by atoms with Crippen molar-refractivity contribution in [3.05, 3.63) is 64.7 Å². The van der Waals surface area contributed by atoms with Crippen LogP contribution in [0.2, 0.25) is 0 Å². The summed E-state index contributed by atoms with van der Waals surface area (Å²) in [6.07, 6.45) is 0. The molecule has 0 aromatic heterocycles. The molecule has 0 fully saturated rings. The summed E-state index contributed by atoms with van der Waals surface area (Å²) >= 11 is 5.08. The molecule has 0 spiro atoms. The summed E-state index contributed by atoms with van der Waals surface area (Å²) in [7, 11) is 0. The molecule has 0 saturated heterocycles. The van der Waals surface area contributed by atoms with Crippen molar-refractivity contribution < 1.29 is 14.7 Å². The molecule has 0 atom stereocenters. The molecule has 0 aliphatic heterocycles. The molecule has 0 unspecified atom stereocenters. The number of hydrogen-bond donors (Lipinski definition) is 3. The molecule has 0 saturated carbocycles. The number of aryl methyl sites for hydroxylation is 2. The lowest BCUT2D eigenvalue weighted by molar-refractivity contribution is 0.0698. The molecular weight excluding hydrogens is 312 g/mol. The second-order valence-electron chi connectivity index (χ2n) is 5.06. The summed E-state index contributed by atoms with van der Waals surface area (Å²) in [6, 6.07) is 11.7. The second kappa shape index (κ2) is 7.02. The fourth-order valence-electron chi connectivity index (χ4n) is 1.99. The van der Waals surface area contributed by atoms with Crippen LogP contribution in [0.3, 0.4) is 0 Å². The van der Waals surface area contributed by atoms with E-state index in [1.54, 1.807) is 30.3 Å². The van der Waals surface area contributed by atoms with E-state index in [0.717, 1.165) is 11.1 Å². The fraction of sp³-hybridized carbons (Fsp3) is 0.118. The van der Waals surface area contributed by atoms with Gasteiger partial charge in [-0.05, 0) is 61.5 Å². The number of benzene rings is 2. The topological polar surface area (TPSA) is 78.4 Å². The van der Waals surface area contributed by atoms with Gasteiger partial charge in [-0.1, -0.05) is 18.2 Å². The van der Waals surface area contributed by atoms with E-state index in [1.165, 1.54) is 6.07 Å². The molecule has 0 aliphatic carbocycles. The van der Waals surface area contributed by atoms with Gasteiger partial charge in [0, 0.05) is 5.56 Å². The number of amides is 1. The number of hydrogen-bond acceptors (Lipinski definition) is 3. The first kappa shape index (κ1) is 16.6. The zero-order chi connectivity index (χ0) is 17.0. The molecule has 2 aromatic rings. The number of carboxylic acids is 1. The third-order valence-corrected chi connectivity index (χ3v) is 3.61. The minimum absolute atomic E-state index is 0.0435. The zero-order valence-corrected chi connectivity index (χ0v) is 13.5. The van der Waals surface area contributed by atoms with Crippen LogP contribution < -0.4 is 10.6 Å². The van der Waals surface area contributed by atoms with E-state index in [1.807, 2.05) is 19.9 Å². The third-order valence-electron chi connectivity index (χ3n) is 3.40. The van der Waals surface area contributed by atoms with Gasteiger partial charge in [0.05, 0.1) is 11.3 Å². The Morgan fingerprint density at radius 3 is 2.39 bits per heavy atom. The van der Waals surface area contributed by atoms with Gasteiger partial charge in [-0.25, -0.2) is 4.79 Å². The van der Waals surface area contributed by atoms with Crippen LogP contribution in [-0.4, -0.2) is 22.1 Å². The van der Waals surface area contributed by atoms with Gasteiger partial charge >= 0.3 is 5.97 Å². The van der Waals surface area contributed by atoms with Gasteiger partial charge in [0.1, 0.15) is 0 Å². The average molecular weight is 328 g/mol. The first-order valence-corrected chi connectivity index (χ1v) is 7.31. The van der Waals surface area contributed by atoms with Crippen LogP contribution in [0.5, 0.6) is 0 Å². The molecule has 0 bridgehead atoms. The first-order chi connectivity index (χ1) is 10.9. The molecule has 2 rings (SSSR count). The molecule has 1 amide bonds. The fourth-order valence-corrected chi connectivity index (χ4v) is 2.19. The number of para-hydroxylation sites is 1. The highest BCUT2D eigenvalue weighted by Gasteiger charge is 2.12. The average Bonchev–Trinajstić information content (AvgIpc) is 2.50. The minimum atomic E-state index is -1.07. The zero-order valence-electron chi connectivity index (χ0n) is 12.7. The van der Waals surface area contributed by atoms with E-state index < -0.39 is 5.97 Å². The molecular formula is C17H16N2O3S. The Balaban J connectivity index is 2.09. The minimum Gasteiger partial charge on any atom is -0.478 e. The molecule has 5 nitrogen and oxygen atoms in total. The highest BCUT2D eigenvalue weighted by atomic mass is 32.1. The molecule has 6 heteroatoms. The van der Waals surface area contributed by atoms with Crippen molar-refractivity contribution in [2.45, 2.75) is 13.8 Å². The highest BCUT2D eigenvalue weighted by molar-refractivity contribution is 7.80. The third kappa shape index (κ3) is 4.14. The normalized spacial score (nSPS) is 10.0. The predicted octanol–water partition coefficient (Wildman–Crippen LogP) is 3.13. The summed E-state index contributed by atoms with van der Waals surface area (Å²) in [5.74, 6) is -1.42. The summed E-state index contributed by atoms with van der Waals surface area (Å²) in [4.78, 5) is 23.3. The van der Waals surface area contributed by atoms with Crippen molar-refractivity contribution in [3.63, 3.8) is 0 Å². The van der Waals surface area contributed by atoms with Crippen LogP contribution in [0.1, 0.15) is 31.8 Å². The van der Waals surface area contributed by atoms with Crippen molar-refractivity contribution in [2.24, 2.45) is 0 Å². The number of rotatable bonds is 3. The summed E-state index contributed by atoms with van der Waals surface area (Å²) in [6.45, 7) is 3.89. The molecule has 2 aromatic carbocycles. The monoisotopic (exact) mass is 328 g/mol. The van der Waals surface area contributed by atoms with E-state index in [9.17, 15) is 9.59 Å². The van der Waals surface area contributed by atoms with Crippen molar-refractivity contribution >= 4 is 34.9 Å². The van der Waals surface area contributed by atoms with Crippen LogP contribution in [-0.2, 0) is 0 Å². The molecule has 23 heavy (non-hydrogen) atoms. The number of carboxylic acid groups (broad SMARTS) is 1. The van der Waals surface area contributed by atoms with E-state index in [-0.39, 0.29) is 16.6 Å². The Morgan fingerprint density at radius 1 is 1.04 bits per heavy atom. The molecule has 0 aliphatic rings. The number of carbonyl (C=O) groups is 2. The van der Waals surface area contributed by atoms with E-state index in [2.05, 4.69) is 10.6 Å². The van der Waals surface area contributed by atoms with Gasteiger partial charge in [-0.15, -0.1) is 0 Å². The molecule has 0 heterocycles. The maximum Gasteiger partial charge on any atom is 0.337 e. The van der Waals surface area contributed by atoms with E-state index in [4.69, 9.17) is 17.3 Å². The van der Waals surface area contributed by atoms with Gasteiger partial charge in [0.15, 0.2) is 5.11 Å². The number of thiocarbonyl (C=S) groups is 1. The van der Waals surface area contributed by atoms with Crippen LogP contribution in [0.4, 0.5) is 5.69 Å². The van der Waals surface area contributed by atoms with Crippen molar-refractivity contribution in [3.8, 4) is 0 Å². The number of carbonyl (C=O) groups excluding carboxylic acids is 1. The summed E-state index contributed by atoms with van der Waals surface area (Å²) < 4.78 is 0. The van der Waals surface area contributed by atoms with Crippen LogP contribution in [0, 0.1) is 13.8 Å². The lowest BCUT2D eigenvalue weighted by atomic mass is 10.1. The van der Waals surface area contributed by atoms with Gasteiger partial charge in [-0.3, -0.25) is 10.1 Å². The predicted molar refractivity (Wildman–Crippen MR) is 93.0 cm³/mol. The SMILES string of the molecule is Cc1ccc(C(=O)NC(=S)Nc2ccccc2C(=O)O)cc1C. The Labute approximate surface area is 139 Å². The maximum atomic E-state index is 12.2. The van der Waals surface area contributed by atoms with Crippen molar-refractivity contribution in [1.82, 2.24) is 5.32 Å². The smallest absolute Gasteiger partial charge is 0.337 e. The quantitative estimate of drug-likeness (QED) is 0.755. The molecule has 3 N–H and O–H groups in total. The van der Waals surface area contributed by atoms with Gasteiger partial charge in [0.2, 0.25) is 0 Å². The van der Waals surface area contributed by atoms with Gasteiger partial charge < -0.3 is 10.4 Å². The Hall–Kier alpha value is -2.73. The standard InChI is InChI=1S/C17H16N2O3S/c1-10-7-8-12(9-11(10)2)15(20)19-17(23)18-14-6-4-3-5-13(14)16(21)22/h3-9H,1-2H3,(H,21,22)(H2,18,19,20,23). The maximum absolute atomic E-state index is 12.2. The van der Waals surface area contributed by atoms with Crippen molar-refractivity contribution in [1.29, 1.82) is 0 Å². The largest absolute Gasteiger partial charge is 0.478 e. The number of anilines is 1. The Morgan fingerprint density at radius 2 is 1.74 bits per heavy atom. The van der Waals surface area contributed by atoms with Gasteiger partial charge in [-0.2, -0.15) is 0 Å². The van der Waals surface area contributed by atoms with Crippen LogP contribution >= 0.6 is 12.2 Å². The Kier molecular flexibility index (Phi) is 5.08. The van der Waals surface area contributed by atoms with Crippen LogP contribution in [0.15, 0.2) is 42.5 Å². The van der Waals surface area contributed by atoms with E-state index in [0.29, 0.717) is 11.3 Å². The first-order valence-electron chi connectivity index (χ1n) is 6.90. The highest BCUT2D eigenvalue weighted by Crippen LogP contribution is 2.15.